The van der Waals surface area contributed by atoms with Gasteiger partial charge in [-0.2, -0.15) is 0 Å². The Balaban J connectivity index is 1.33. The molecule has 1 atom stereocenters. The average Bonchev–Trinajstić information content (AvgIpc) is 3.34. The minimum Gasteiger partial charge on any atom is -0.449 e. The molecule has 0 aliphatic heterocycles. The average molecular weight is 473 g/mol. The van der Waals surface area contributed by atoms with Crippen LogP contribution in [0.3, 0.4) is 0 Å². The Morgan fingerprint density at radius 2 is 1.83 bits per heavy atom. The standard InChI is InChI=1S/C27H28N4O4/c1-16-24(26(33)31(30(16)3)19-9-5-4-6-10-19)29-25(32)17(2)35-27(34)18-13-14-23-21(15-18)20-11-7-8-12-22(20)28-23/h4-6,9-10,13-15,17,28H,7-8,11-12H2,1-3H3,(H,29,32)/t17-/m1/s1. The first-order chi connectivity index (χ1) is 16.8. The summed E-state index contributed by atoms with van der Waals surface area (Å²) in [5.74, 6) is -1.14. The number of carbonyl (C=O) groups excluding carboxylic acids is 2. The van der Waals surface area contributed by atoms with Gasteiger partial charge in [-0.05, 0) is 75.4 Å². The molecule has 1 aliphatic rings. The van der Waals surface area contributed by atoms with Crippen LogP contribution in [0.15, 0.2) is 53.3 Å². The van der Waals surface area contributed by atoms with E-state index in [2.05, 4.69) is 10.3 Å². The summed E-state index contributed by atoms with van der Waals surface area (Å²) in [6, 6.07) is 14.6. The number of rotatable bonds is 5. The van der Waals surface area contributed by atoms with Crippen molar-refractivity contribution < 1.29 is 14.3 Å². The number of anilines is 1. The van der Waals surface area contributed by atoms with E-state index in [0.29, 0.717) is 16.9 Å². The fourth-order valence-electron chi connectivity index (χ4n) is 4.75. The number of aryl methyl sites for hydroxylation is 2. The van der Waals surface area contributed by atoms with E-state index >= 15 is 0 Å². The SMILES string of the molecule is Cc1c(NC(=O)[C@@H](C)OC(=O)c2ccc3[nH]c4c(c3c2)CCCC4)c(=O)n(-c2ccccc2)n1C. The molecule has 35 heavy (non-hydrogen) atoms. The van der Waals surface area contributed by atoms with E-state index in [4.69, 9.17) is 4.74 Å². The fraction of sp³-hybridized carbons (Fsp3) is 0.296. The van der Waals surface area contributed by atoms with Crippen LogP contribution in [0.5, 0.6) is 0 Å². The van der Waals surface area contributed by atoms with E-state index in [1.165, 1.54) is 29.3 Å². The van der Waals surface area contributed by atoms with Gasteiger partial charge in [0.05, 0.1) is 16.9 Å². The molecule has 2 aromatic carbocycles. The molecule has 2 heterocycles. The second kappa shape index (κ2) is 8.94. The van der Waals surface area contributed by atoms with Crippen molar-refractivity contribution in [1.29, 1.82) is 0 Å². The van der Waals surface area contributed by atoms with Gasteiger partial charge in [0, 0.05) is 23.6 Å². The van der Waals surface area contributed by atoms with E-state index in [0.717, 1.165) is 30.2 Å². The summed E-state index contributed by atoms with van der Waals surface area (Å²) in [5, 5.41) is 3.69. The van der Waals surface area contributed by atoms with Crippen LogP contribution in [-0.2, 0) is 29.4 Å². The van der Waals surface area contributed by atoms with Crippen molar-refractivity contribution >= 4 is 28.5 Å². The lowest BCUT2D eigenvalue weighted by Crippen LogP contribution is -2.32. The van der Waals surface area contributed by atoms with Crippen LogP contribution in [0.4, 0.5) is 5.69 Å². The molecule has 0 unspecified atom stereocenters. The maximum Gasteiger partial charge on any atom is 0.338 e. The zero-order valence-electron chi connectivity index (χ0n) is 20.1. The number of aromatic amines is 1. The van der Waals surface area contributed by atoms with Gasteiger partial charge in [-0.15, -0.1) is 0 Å². The quantitative estimate of drug-likeness (QED) is 0.429. The Labute approximate surface area is 202 Å². The highest BCUT2D eigenvalue weighted by molar-refractivity contribution is 5.99. The number of nitrogens with zero attached hydrogens (tertiary/aromatic N) is 2. The highest BCUT2D eigenvalue weighted by Crippen LogP contribution is 2.30. The summed E-state index contributed by atoms with van der Waals surface area (Å²) in [5.41, 5.74) is 4.99. The van der Waals surface area contributed by atoms with Gasteiger partial charge in [-0.3, -0.25) is 14.3 Å². The van der Waals surface area contributed by atoms with E-state index in [-0.39, 0.29) is 11.2 Å². The molecule has 2 N–H and O–H groups in total. The zero-order valence-corrected chi connectivity index (χ0v) is 20.1. The van der Waals surface area contributed by atoms with Crippen LogP contribution < -0.4 is 10.9 Å². The smallest absolute Gasteiger partial charge is 0.338 e. The first kappa shape index (κ1) is 22.7. The van der Waals surface area contributed by atoms with Crippen molar-refractivity contribution in [3.05, 3.63) is 81.4 Å². The lowest BCUT2D eigenvalue weighted by molar-refractivity contribution is -0.123. The van der Waals surface area contributed by atoms with Crippen LogP contribution in [0, 0.1) is 6.92 Å². The predicted molar refractivity (Wildman–Crippen MR) is 134 cm³/mol. The number of para-hydroxylation sites is 1. The molecule has 2 aromatic heterocycles. The molecule has 1 amide bonds. The maximum absolute atomic E-state index is 13.0. The molecule has 180 valence electrons. The summed E-state index contributed by atoms with van der Waals surface area (Å²) in [6.07, 6.45) is 3.23. The van der Waals surface area contributed by atoms with Gasteiger partial charge in [0.1, 0.15) is 5.69 Å². The molecule has 8 nitrogen and oxygen atoms in total. The Morgan fingerprint density at radius 3 is 2.60 bits per heavy atom. The Bertz CT molecular complexity index is 1490. The van der Waals surface area contributed by atoms with Gasteiger partial charge in [0.15, 0.2) is 6.10 Å². The van der Waals surface area contributed by atoms with Crippen LogP contribution in [0.1, 0.15) is 47.1 Å². The molecule has 4 aromatic rings. The van der Waals surface area contributed by atoms with Gasteiger partial charge in [0.25, 0.3) is 11.5 Å². The number of hydrogen-bond donors (Lipinski definition) is 2. The first-order valence-corrected chi connectivity index (χ1v) is 11.8. The number of H-pyrrole nitrogens is 1. The lowest BCUT2D eigenvalue weighted by atomic mass is 9.95. The Morgan fingerprint density at radius 1 is 1.09 bits per heavy atom. The normalized spacial score (nSPS) is 13.9. The van der Waals surface area contributed by atoms with Gasteiger partial charge in [-0.1, -0.05) is 18.2 Å². The lowest BCUT2D eigenvalue weighted by Gasteiger charge is -2.13. The van der Waals surface area contributed by atoms with Crippen molar-refractivity contribution in [3.8, 4) is 5.69 Å². The number of hydrogen-bond acceptors (Lipinski definition) is 4. The molecule has 0 fully saturated rings. The fourth-order valence-corrected chi connectivity index (χ4v) is 4.75. The summed E-state index contributed by atoms with van der Waals surface area (Å²) < 4.78 is 8.62. The number of carbonyl (C=O) groups is 2. The monoisotopic (exact) mass is 472 g/mol. The van der Waals surface area contributed by atoms with Crippen molar-refractivity contribution in [2.24, 2.45) is 7.05 Å². The van der Waals surface area contributed by atoms with Gasteiger partial charge < -0.3 is 15.0 Å². The first-order valence-electron chi connectivity index (χ1n) is 11.8. The van der Waals surface area contributed by atoms with Crippen molar-refractivity contribution in [2.45, 2.75) is 45.6 Å². The second-order valence-corrected chi connectivity index (χ2v) is 9.02. The zero-order chi connectivity index (χ0) is 24.7. The van der Waals surface area contributed by atoms with Crippen LogP contribution in [-0.4, -0.2) is 32.3 Å². The van der Waals surface area contributed by atoms with Gasteiger partial charge >= 0.3 is 5.97 Å². The van der Waals surface area contributed by atoms with Crippen molar-refractivity contribution in [3.63, 3.8) is 0 Å². The summed E-state index contributed by atoms with van der Waals surface area (Å²) in [4.78, 5) is 42.2. The minimum atomic E-state index is -1.08. The van der Waals surface area contributed by atoms with E-state index in [9.17, 15) is 14.4 Å². The number of benzene rings is 2. The van der Waals surface area contributed by atoms with Crippen molar-refractivity contribution in [2.75, 3.05) is 5.32 Å². The molecule has 5 rings (SSSR count). The highest BCUT2D eigenvalue weighted by Gasteiger charge is 2.24. The van der Waals surface area contributed by atoms with E-state index in [1.807, 2.05) is 42.5 Å². The number of aromatic nitrogens is 3. The van der Waals surface area contributed by atoms with Gasteiger partial charge in [-0.25, -0.2) is 9.48 Å². The Hall–Kier alpha value is -4.07. The van der Waals surface area contributed by atoms with Crippen LogP contribution in [0.25, 0.3) is 16.6 Å². The van der Waals surface area contributed by atoms with Crippen LogP contribution in [0.2, 0.25) is 0 Å². The molecule has 0 spiro atoms. The Kier molecular flexibility index (Phi) is 5.80. The molecular formula is C27H28N4O4. The number of nitrogens with one attached hydrogen (secondary N) is 2. The topological polar surface area (TPSA) is 98.1 Å². The molecule has 0 radical (unpaired) electrons. The molecule has 0 saturated heterocycles. The minimum absolute atomic E-state index is 0.157. The third-order valence-electron chi connectivity index (χ3n) is 6.79. The molecule has 0 saturated carbocycles. The summed E-state index contributed by atoms with van der Waals surface area (Å²) in [6.45, 7) is 3.25. The van der Waals surface area contributed by atoms with E-state index < -0.39 is 18.0 Å². The number of esters is 1. The number of fused-ring (bicyclic) bond motifs is 3. The maximum atomic E-state index is 13.0. The molecule has 8 heteroatoms. The molecule has 1 aliphatic carbocycles. The number of amides is 1. The van der Waals surface area contributed by atoms with Crippen molar-refractivity contribution in [1.82, 2.24) is 14.3 Å². The highest BCUT2D eigenvalue weighted by atomic mass is 16.5. The third-order valence-corrected chi connectivity index (χ3v) is 6.79. The summed E-state index contributed by atoms with van der Waals surface area (Å²) >= 11 is 0. The molecular weight excluding hydrogens is 444 g/mol. The summed E-state index contributed by atoms with van der Waals surface area (Å²) in [7, 11) is 1.75. The second-order valence-electron chi connectivity index (χ2n) is 9.02. The molecule has 0 bridgehead atoms. The largest absolute Gasteiger partial charge is 0.449 e. The van der Waals surface area contributed by atoms with E-state index in [1.54, 1.807) is 24.7 Å². The van der Waals surface area contributed by atoms with Crippen LogP contribution >= 0.6 is 0 Å². The predicted octanol–water partition coefficient (Wildman–Crippen LogP) is 4.03. The number of ether oxygens (including phenoxy) is 1. The third kappa shape index (κ3) is 4.05. The van der Waals surface area contributed by atoms with Gasteiger partial charge in [0.2, 0.25) is 0 Å².